The molecule has 0 aromatic heterocycles. The molecule has 2 N–H and O–H groups in total. The molecule has 2 aromatic carbocycles. The molecule has 0 atom stereocenters. The van der Waals surface area contributed by atoms with E-state index in [1.807, 2.05) is 30.3 Å². The molecule has 0 saturated heterocycles. The zero-order valence-electron chi connectivity index (χ0n) is 9.61. The third-order valence-electron chi connectivity index (χ3n) is 2.40. The first-order chi connectivity index (χ1) is 8.55. The Kier molecular flexibility index (Phi) is 4.41. The molecule has 0 aliphatic carbocycles. The Hall–Kier alpha value is -0.860. The SMILES string of the molecule is NS(=O)(=O)c1ccc(C[Te]c2ccccc2)cc1. The number of hydrogen-bond acceptors (Lipinski definition) is 2. The normalized spacial score (nSPS) is 11.4. The minimum atomic E-state index is -3.58. The molecular weight excluding hydrogens is 362 g/mol. The van der Waals surface area contributed by atoms with Crippen molar-refractivity contribution in [2.24, 2.45) is 5.14 Å². The fourth-order valence-electron chi connectivity index (χ4n) is 1.46. The van der Waals surface area contributed by atoms with Crippen molar-refractivity contribution in [3.05, 3.63) is 60.2 Å². The molecule has 0 saturated carbocycles. The number of rotatable bonds is 4. The van der Waals surface area contributed by atoms with E-state index in [0.29, 0.717) is 0 Å². The quantitative estimate of drug-likeness (QED) is 0.807. The molecule has 0 amide bonds. The van der Waals surface area contributed by atoms with Gasteiger partial charge < -0.3 is 0 Å². The molecule has 0 bridgehead atoms. The zero-order valence-corrected chi connectivity index (χ0v) is 12.8. The van der Waals surface area contributed by atoms with Gasteiger partial charge >= 0.3 is 118 Å². The maximum absolute atomic E-state index is 11.1. The first-order valence-corrected chi connectivity index (χ1v) is 9.71. The van der Waals surface area contributed by atoms with E-state index in [2.05, 4.69) is 12.1 Å². The molecular formula is C13H13NO2STe. The summed E-state index contributed by atoms with van der Waals surface area (Å²) in [6.07, 6.45) is 0. The van der Waals surface area contributed by atoms with Crippen LogP contribution in [0.5, 0.6) is 0 Å². The molecule has 0 aliphatic rings. The average Bonchev–Trinajstić information content (AvgIpc) is 2.37. The van der Waals surface area contributed by atoms with E-state index in [1.54, 1.807) is 12.1 Å². The molecule has 18 heavy (non-hydrogen) atoms. The summed E-state index contributed by atoms with van der Waals surface area (Å²) in [6, 6.07) is 17.2. The van der Waals surface area contributed by atoms with E-state index in [0.717, 1.165) is 10.0 Å². The van der Waals surface area contributed by atoms with Gasteiger partial charge in [-0.15, -0.1) is 0 Å². The second-order valence-electron chi connectivity index (χ2n) is 3.79. The van der Waals surface area contributed by atoms with E-state index in [-0.39, 0.29) is 25.8 Å². The molecule has 0 spiro atoms. The summed E-state index contributed by atoms with van der Waals surface area (Å²) < 4.78 is 24.6. The van der Waals surface area contributed by atoms with Crippen LogP contribution in [0.1, 0.15) is 5.56 Å². The van der Waals surface area contributed by atoms with Crippen molar-refractivity contribution in [2.75, 3.05) is 0 Å². The molecule has 5 heteroatoms. The van der Waals surface area contributed by atoms with Gasteiger partial charge in [-0.2, -0.15) is 0 Å². The molecule has 0 radical (unpaired) electrons. The molecule has 0 heterocycles. The number of hydrogen-bond donors (Lipinski definition) is 1. The predicted molar refractivity (Wildman–Crippen MR) is 73.3 cm³/mol. The van der Waals surface area contributed by atoms with Crippen molar-refractivity contribution >= 4 is 34.6 Å². The Morgan fingerprint density at radius 2 is 1.56 bits per heavy atom. The van der Waals surface area contributed by atoms with E-state index in [1.165, 1.54) is 3.61 Å². The summed E-state index contributed by atoms with van der Waals surface area (Å²) in [7, 11) is -3.58. The first-order valence-electron chi connectivity index (χ1n) is 5.35. The fourth-order valence-corrected chi connectivity index (χ4v) is 4.47. The van der Waals surface area contributed by atoms with Gasteiger partial charge in [0.1, 0.15) is 0 Å². The summed E-state index contributed by atoms with van der Waals surface area (Å²) in [5.74, 6) is 0. The summed E-state index contributed by atoms with van der Waals surface area (Å²) in [5, 5.41) is 5.05. The van der Waals surface area contributed by atoms with E-state index < -0.39 is 10.0 Å². The van der Waals surface area contributed by atoms with Crippen LogP contribution in [0.3, 0.4) is 0 Å². The van der Waals surface area contributed by atoms with Crippen LogP contribution in [0.25, 0.3) is 0 Å². The molecule has 94 valence electrons. The van der Waals surface area contributed by atoms with Crippen molar-refractivity contribution < 1.29 is 8.42 Å². The maximum atomic E-state index is 11.1. The second-order valence-corrected chi connectivity index (χ2v) is 8.35. The minimum absolute atomic E-state index is 0.173. The number of benzene rings is 2. The van der Waals surface area contributed by atoms with Crippen molar-refractivity contribution in [3.8, 4) is 0 Å². The topological polar surface area (TPSA) is 60.2 Å². The van der Waals surface area contributed by atoms with Crippen molar-refractivity contribution in [2.45, 2.75) is 9.36 Å². The Bertz CT molecular complexity index is 609. The summed E-state index contributed by atoms with van der Waals surface area (Å²) in [4.78, 5) is 0.173. The first kappa shape index (κ1) is 13.6. The molecule has 2 aromatic rings. The molecule has 0 aliphatic heterocycles. The molecule has 0 unspecified atom stereocenters. The zero-order chi connectivity index (χ0) is 13.0. The monoisotopic (exact) mass is 377 g/mol. The third kappa shape index (κ3) is 3.82. The van der Waals surface area contributed by atoms with Crippen molar-refractivity contribution in [3.63, 3.8) is 0 Å². The van der Waals surface area contributed by atoms with Gasteiger partial charge in [0.15, 0.2) is 0 Å². The van der Waals surface area contributed by atoms with Gasteiger partial charge in [0, 0.05) is 0 Å². The van der Waals surface area contributed by atoms with Gasteiger partial charge in [0.25, 0.3) is 0 Å². The van der Waals surface area contributed by atoms with Crippen LogP contribution < -0.4 is 8.75 Å². The van der Waals surface area contributed by atoms with E-state index >= 15 is 0 Å². The fraction of sp³-hybridized carbons (Fsp3) is 0.0769. The molecule has 3 nitrogen and oxygen atoms in total. The van der Waals surface area contributed by atoms with Gasteiger partial charge in [-0.25, -0.2) is 0 Å². The van der Waals surface area contributed by atoms with Crippen LogP contribution in [0.15, 0.2) is 59.5 Å². The number of sulfonamides is 1. The van der Waals surface area contributed by atoms with Gasteiger partial charge in [-0.3, -0.25) is 0 Å². The Balaban J connectivity index is 2.03. The Morgan fingerprint density at radius 3 is 2.11 bits per heavy atom. The van der Waals surface area contributed by atoms with Gasteiger partial charge in [0.2, 0.25) is 0 Å². The van der Waals surface area contributed by atoms with Crippen LogP contribution in [-0.4, -0.2) is 29.3 Å². The predicted octanol–water partition coefficient (Wildman–Crippen LogP) is 0.864. The number of primary sulfonamides is 1. The second kappa shape index (κ2) is 5.85. The van der Waals surface area contributed by atoms with E-state index in [4.69, 9.17) is 5.14 Å². The van der Waals surface area contributed by atoms with Crippen LogP contribution in [0.4, 0.5) is 0 Å². The van der Waals surface area contributed by atoms with Crippen LogP contribution >= 0.6 is 0 Å². The summed E-state index contributed by atoms with van der Waals surface area (Å²) >= 11 is -0.255. The van der Waals surface area contributed by atoms with Crippen molar-refractivity contribution in [1.82, 2.24) is 0 Å². The summed E-state index contributed by atoms with van der Waals surface area (Å²) in [5.41, 5.74) is 1.16. The third-order valence-corrected chi connectivity index (χ3v) is 6.42. The summed E-state index contributed by atoms with van der Waals surface area (Å²) in [6.45, 7) is 0. The molecule has 2 rings (SSSR count). The van der Waals surface area contributed by atoms with Crippen LogP contribution in [-0.2, 0) is 14.5 Å². The molecule has 0 fully saturated rings. The van der Waals surface area contributed by atoms with Gasteiger partial charge in [0.05, 0.1) is 0 Å². The standard InChI is InChI=1S/C13H13NO2STe/c14-17(15,16)12-8-6-11(7-9-12)10-18-13-4-2-1-3-5-13/h1-9H,10H2,(H2,14,15,16). The average molecular weight is 375 g/mol. The van der Waals surface area contributed by atoms with Crippen LogP contribution in [0.2, 0.25) is 0 Å². The van der Waals surface area contributed by atoms with Gasteiger partial charge in [-0.1, -0.05) is 0 Å². The Morgan fingerprint density at radius 1 is 0.944 bits per heavy atom. The van der Waals surface area contributed by atoms with Crippen molar-refractivity contribution in [1.29, 1.82) is 0 Å². The van der Waals surface area contributed by atoms with Crippen LogP contribution in [0, 0.1) is 0 Å². The van der Waals surface area contributed by atoms with Gasteiger partial charge in [-0.05, 0) is 0 Å². The Labute approximate surface area is 117 Å². The number of nitrogens with two attached hydrogens (primary N) is 1. The van der Waals surface area contributed by atoms with E-state index in [9.17, 15) is 8.42 Å².